The molecule has 2 aromatic carbocycles. The number of alkyl halides is 3. The van der Waals surface area contributed by atoms with Crippen LogP contribution < -0.4 is 5.32 Å². The molecule has 0 unspecified atom stereocenters. The van der Waals surface area contributed by atoms with Gasteiger partial charge in [0.1, 0.15) is 0 Å². The molecule has 1 amide bonds. The zero-order valence-corrected chi connectivity index (χ0v) is 14.4. The first-order valence-electron chi connectivity index (χ1n) is 7.87. The van der Waals surface area contributed by atoms with Crippen molar-refractivity contribution in [2.24, 2.45) is 0 Å². The number of likely N-dealkylation sites (N-methyl/N-ethyl adjacent to an activating group) is 1. The van der Waals surface area contributed by atoms with Crippen LogP contribution in [0.15, 0.2) is 42.5 Å². The molecule has 3 nitrogen and oxygen atoms in total. The van der Waals surface area contributed by atoms with Crippen LogP contribution in [0.1, 0.15) is 22.3 Å². The summed E-state index contributed by atoms with van der Waals surface area (Å²) in [6.45, 7) is 4.40. The molecule has 0 saturated carbocycles. The van der Waals surface area contributed by atoms with Crippen LogP contribution in [0, 0.1) is 13.8 Å². The summed E-state index contributed by atoms with van der Waals surface area (Å²) >= 11 is 0. The highest BCUT2D eigenvalue weighted by molar-refractivity contribution is 5.93. The number of amides is 1. The van der Waals surface area contributed by atoms with Crippen LogP contribution in [0.2, 0.25) is 0 Å². The van der Waals surface area contributed by atoms with Crippen molar-refractivity contribution in [3.8, 4) is 0 Å². The highest BCUT2D eigenvalue weighted by Crippen LogP contribution is 2.29. The zero-order chi connectivity index (χ0) is 18.6. The van der Waals surface area contributed by atoms with Crippen molar-refractivity contribution in [3.63, 3.8) is 0 Å². The second-order valence-electron chi connectivity index (χ2n) is 6.23. The van der Waals surface area contributed by atoms with Crippen molar-refractivity contribution in [2.75, 3.05) is 18.9 Å². The lowest BCUT2D eigenvalue weighted by Gasteiger charge is -2.17. The number of hydrogen-bond donors (Lipinski definition) is 1. The molecule has 0 fully saturated rings. The van der Waals surface area contributed by atoms with E-state index in [1.54, 1.807) is 11.9 Å². The topological polar surface area (TPSA) is 32.3 Å². The lowest BCUT2D eigenvalue weighted by Crippen LogP contribution is -2.30. The number of halogens is 3. The Bertz CT molecular complexity index is 739. The van der Waals surface area contributed by atoms with Gasteiger partial charge in [0.2, 0.25) is 5.91 Å². The summed E-state index contributed by atoms with van der Waals surface area (Å²) in [6.07, 6.45) is -4.34. The standard InChI is InChI=1S/C19H21F3N2O/c1-13-4-5-14(2)17(10-13)23-18(25)12-24(3)11-15-6-8-16(9-7-15)19(20,21)22/h4-10H,11-12H2,1-3H3,(H,23,25). The molecule has 0 bridgehead atoms. The Labute approximate surface area is 145 Å². The molecule has 0 spiro atoms. The number of rotatable bonds is 5. The third kappa shape index (κ3) is 5.60. The Morgan fingerprint density at radius 1 is 1.08 bits per heavy atom. The molecule has 0 saturated heterocycles. The average molecular weight is 350 g/mol. The number of benzene rings is 2. The van der Waals surface area contributed by atoms with Gasteiger partial charge >= 0.3 is 6.18 Å². The summed E-state index contributed by atoms with van der Waals surface area (Å²) < 4.78 is 37.7. The van der Waals surface area contributed by atoms with Crippen molar-refractivity contribution >= 4 is 11.6 Å². The minimum Gasteiger partial charge on any atom is -0.325 e. The molecule has 2 rings (SSSR count). The summed E-state index contributed by atoms with van der Waals surface area (Å²) in [5.74, 6) is -0.164. The van der Waals surface area contributed by atoms with E-state index in [0.717, 1.165) is 34.5 Å². The van der Waals surface area contributed by atoms with Gasteiger partial charge in [-0.25, -0.2) is 0 Å². The van der Waals surface area contributed by atoms with E-state index in [9.17, 15) is 18.0 Å². The van der Waals surface area contributed by atoms with Gasteiger partial charge in [-0.2, -0.15) is 13.2 Å². The van der Waals surface area contributed by atoms with Crippen molar-refractivity contribution in [1.29, 1.82) is 0 Å². The lowest BCUT2D eigenvalue weighted by molar-refractivity contribution is -0.137. The van der Waals surface area contributed by atoms with Crippen LogP contribution in [-0.4, -0.2) is 24.4 Å². The van der Waals surface area contributed by atoms with Gasteiger partial charge < -0.3 is 5.32 Å². The predicted molar refractivity (Wildman–Crippen MR) is 92.3 cm³/mol. The number of hydrogen-bond acceptors (Lipinski definition) is 2. The Kier molecular flexibility index (Phi) is 5.85. The van der Waals surface area contributed by atoms with E-state index >= 15 is 0 Å². The molecule has 25 heavy (non-hydrogen) atoms. The minimum atomic E-state index is -4.34. The van der Waals surface area contributed by atoms with E-state index in [1.807, 2.05) is 32.0 Å². The van der Waals surface area contributed by atoms with Gasteiger partial charge in [-0.3, -0.25) is 9.69 Å². The van der Waals surface area contributed by atoms with Gasteiger partial charge in [-0.15, -0.1) is 0 Å². The Balaban J connectivity index is 1.92. The monoisotopic (exact) mass is 350 g/mol. The molecule has 0 heterocycles. The predicted octanol–water partition coefficient (Wildman–Crippen LogP) is 4.39. The number of anilines is 1. The fourth-order valence-corrected chi connectivity index (χ4v) is 2.47. The molecule has 0 radical (unpaired) electrons. The van der Waals surface area contributed by atoms with Crippen LogP contribution in [0.25, 0.3) is 0 Å². The molecule has 1 N–H and O–H groups in total. The van der Waals surface area contributed by atoms with Crippen molar-refractivity contribution in [2.45, 2.75) is 26.6 Å². The molecule has 0 aliphatic heterocycles. The summed E-state index contributed by atoms with van der Waals surface area (Å²) in [6, 6.07) is 10.8. The van der Waals surface area contributed by atoms with Crippen LogP contribution in [0.4, 0.5) is 18.9 Å². The lowest BCUT2D eigenvalue weighted by atomic mass is 10.1. The quantitative estimate of drug-likeness (QED) is 0.867. The molecule has 2 aromatic rings. The Hall–Kier alpha value is -2.34. The van der Waals surface area contributed by atoms with Crippen LogP contribution in [0.3, 0.4) is 0 Å². The molecule has 0 atom stereocenters. The molecule has 0 aliphatic rings. The third-order valence-corrected chi connectivity index (χ3v) is 3.81. The Morgan fingerprint density at radius 2 is 1.72 bits per heavy atom. The molecule has 134 valence electrons. The van der Waals surface area contributed by atoms with Gasteiger partial charge in [0.05, 0.1) is 12.1 Å². The Morgan fingerprint density at radius 3 is 2.32 bits per heavy atom. The van der Waals surface area contributed by atoms with E-state index in [-0.39, 0.29) is 12.5 Å². The number of nitrogens with one attached hydrogen (secondary N) is 1. The van der Waals surface area contributed by atoms with Crippen LogP contribution >= 0.6 is 0 Å². The smallest absolute Gasteiger partial charge is 0.325 e. The third-order valence-electron chi connectivity index (χ3n) is 3.81. The van der Waals surface area contributed by atoms with Crippen molar-refractivity contribution < 1.29 is 18.0 Å². The summed E-state index contributed by atoms with van der Waals surface area (Å²) in [5, 5.41) is 2.87. The maximum Gasteiger partial charge on any atom is 0.416 e. The largest absolute Gasteiger partial charge is 0.416 e. The first-order valence-corrected chi connectivity index (χ1v) is 7.87. The number of aryl methyl sites for hydroxylation is 2. The van der Waals surface area contributed by atoms with Gasteiger partial charge in [-0.1, -0.05) is 24.3 Å². The maximum absolute atomic E-state index is 12.6. The van der Waals surface area contributed by atoms with Crippen molar-refractivity contribution in [3.05, 3.63) is 64.7 Å². The van der Waals surface area contributed by atoms with Gasteiger partial charge in [0, 0.05) is 12.2 Å². The highest BCUT2D eigenvalue weighted by atomic mass is 19.4. The second-order valence-corrected chi connectivity index (χ2v) is 6.23. The summed E-state index contributed by atoms with van der Waals surface area (Å²) in [5.41, 5.74) is 2.85. The van der Waals surface area contributed by atoms with E-state index in [0.29, 0.717) is 6.54 Å². The van der Waals surface area contributed by atoms with Crippen molar-refractivity contribution in [1.82, 2.24) is 4.90 Å². The zero-order valence-electron chi connectivity index (χ0n) is 14.4. The first-order chi connectivity index (χ1) is 11.6. The van der Waals surface area contributed by atoms with E-state index in [4.69, 9.17) is 0 Å². The van der Waals surface area contributed by atoms with E-state index < -0.39 is 11.7 Å². The number of nitrogens with zero attached hydrogens (tertiary/aromatic N) is 1. The normalized spacial score (nSPS) is 11.6. The van der Waals surface area contributed by atoms with Crippen LogP contribution in [-0.2, 0) is 17.5 Å². The molecule has 6 heteroatoms. The molecular weight excluding hydrogens is 329 g/mol. The molecular formula is C19H21F3N2O. The number of carbonyl (C=O) groups excluding carboxylic acids is 1. The van der Waals surface area contributed by atoms with E-state index in [1.165, 1.54) is 12.1 Å². The maximum atomic E-state index is 12.6. The van der Waals surface area contributed by atoms with E-state index in [2.05, 4.69) is 5.32 Å². The first kappa shape index (κ1) is 19.0. The number of carbonyl (C=O) groups is 1. The van der Waals surface area contributed by atoms with Gasteiger partial charge in [0.25, 0.3) is 0 Å². The SMILES string of the molecule is Cc1ccc(C)c(NC(=O)CN(C)Cc2ccc(C(F)(F)F)cc2)c1. The summed E-state index contributed by atoms with van der Waals surface area (Å²) in [7, 11) is 1.75. The van der Waals surface area contributed by atoms with Crippen LogP contribution in [0.5, 0.6) is 0 Å². The molecule has 0 aliphatic carbocycles. The highest BCUT2D eigenvalue weighted by Gasteiger charge is 2.29. The minimum absolute atomic E-state index is 0.147. The van der Waals surface area contributed by atoms with Gasteiger partial charge in [0.15, 0.2) is 0 Å². The summed E-state index contributed by atoms with van der Waals surface area (Å²) in [4.78, 5) is 13.9. The molecule has 0 aromatic heterocycles. The van der Waals surface area contributed by atoms with Gasteiger partial charge in [-0.05, 0) is 55.8 Å². The second kappa shape index (κ2) is 7.70. The fourth-order valence-electron chi connectivity index (χ4n) is 2.47. The average Bonchev–Trinajstić information content (AvgIpc) is 2.50. The fraction of sp³-hybridized carbons (Fsp3) is 0.316.